The second kappa shape index (κ2) is 6.12. The molecule has 2 atom stereocenters. The average Bonchev–Trinajstić information content (AvgIpc) is 2.66. The summed E-state index contributed by atoms with van der Waals surface area (Å²) in [5, 5.41) is 0. The summed E-state index contributed by atoms with van der Waals surface area (Å²) in [6.45, 7) is 2.72. The molecule has 1 aliphatic carbocycles. The van der Waals surface area contributed by atoms with Crippen LogP contribution in [0.4, 0.5) is 0 Å². The molecule has 0 radical (unpaired) electrons. The zero-order valence-corrected chi connectivity index (χ0v) is 11.9. The lowest BCUT2D eigenvalue weighted by atomic mass is 9.91. The third kappa shape index (κ3) is 2.88. The van der Waals surface area contributed by atoms with Crippen molar-refractivity contribution in [2.45, 2.75) is 63.5 Å². The maximum absolute atomic E-state index is 6.19. The van der Waals surface area contributed by atoms with Gasteiger partial charge in [-0.25, -0.2) is 0 Å². The molecule has 0 aromatic rings. The Morgan fingerprint density at radius 2 is 1.84 bits per heavy atom. The Bertz CT molecular complexity index is 317. The Balaban J connectivity index is 1.69. The Kier molecular flexibility index (Phi) is 4.26. The molecule has 0 aromatic heterocycles. The van der Waals surface area contributed by atoms with Crippen molar-refractivity contribution in [2.75, 3.05) is 19.8 Å². The summed E-state index contributed by atoms with van der Waals surface area (Å²) in [7, 11) is 0. The molecule has 4 heteroatoms. The summed E-state index contributed by atoms with van der Waals surface area (Å²) in [4.78, 5) is 7.01. The van der Waals surface area contributed by atoms with Crippen molar-refractivity contribution in [3.8, 4) is 0 Å². The van der Waals surface area contributed by atoms with Crippen molar-refractivity contribution in [1.29, 1.82) is 0 Å². The molecule has 1 saturated heterocycles. The zero-order valence-electron chi connectivity index (χ0n) is 11.9. The Morgan fingerprint density at radius 1 is 1.05 bits per heavy atom. The van der Waals surface area contributed by atoms with Crippen LogP contribution in [-0.4, -0.2) is 42.7 Å². The van der Waals surface area contributed by atoms with E-state index < -0.39 is 0 Å². The summed E-state index contributed by atoms with van der Waals surface area (Å²) in [5.41, 5.74) is 6.19. The van der Waals surface area contributed by atoms with Crippen LogP contribution in [0.2, 0.25) is 0 Å². The maximum Gasteiger partial charge on any atom is 0.191 e. The minimum absolute atomic E-state index is 0.503. The third-order valence-corrected chi connectivity index (χ3v) is 5.02. The molecule has 2 fully saturated rings. The summed E-state index contributed by atoms with van der Waals surface area (Å²) in [6, 6.07) is 1.13. The third-order valence-electron chi connectivity index (χ3n) is 5.02. The topological polar surface area (TPSA) is 50.9 Å². The molecule has 3 aliphatic rings. The molecule has 2 aliphatic heterocycles. The number of hydrogen-bond donors (Lipinski definition) is 1. The van der Waals surface area contributed by atoms with Gasteiger partial charge in [0.2, 0.25) is 0 Å². The highest BCUT2D eigenvalue weighted by atomic mass is 16.5. The van der Waals surface area contributed by atoms with Gasteiger partial charge in [0, 0.05) is 18.6 Å². The summed E-state index contributed by atoms with van der Waals surface area (Å²) in [6.07, 6.45) is 10.5. The predicted molar refractivity (Wildman–Crippen MR) is 77.1 cm³/mol. The molecule has 1 saturated carbocycles. The fourth-order valence-corrected chi connectivity index (χ4v) is 3.97. The van der Waals surface area contributed by atoms with E-state index in [-0.39, 0.29) is 0 Å². The van der Waals surface area contributed by atoms with Gasteiger partial charge in [-0.05, 0) is 25.7 Å². The summed E-state index contributed by atoms with van der Waals surface area (Å²) in [5.74, 6) is 1.42. The van der Waals surface area contributed by atoms with Crippen LogP contribution >= 0.6 is 0 Å². The second-order valence-electron chi connectivity index (χ2n) is 6.30. The number of guanidine groups is 1. The first-order valence-corrected chi connectivity index (χ1v) is 8.02. The largest absolute Gasteiger partial charge is 0.381 e. The number of nitrogens with zero attached hydrogens (tertiary/aromatic N) is 2. The molecule has 0 bridgehead atoms. The highest BCUT2D eigenvalue weighted by molar-refractivity contribution is 5.80. The zero-order chi connectivity index (χ0) is 13.1. The summed E-state index contributed by atoms with van der Waals surface area (Å²) >= 11 is 0. The highest BCUT2D eigenvalue weighted by Gasteiger charge is 2.37. The Morgan fingerprint density at radius 3 is 2.53 bits per heavy atom. The number of aliphatic imine (C=N–C) groups is 1. The van der Waals surface area contributed by atoms with Crippen molar-refractivity contribution < 1.29 is 4.74 Å². The first kappa shape index (κ1) is 13.2. The van der Waals surface area contributed by atoms with Gasteiger partial charge in [0.25, 0.3) is 0 Å². The van der Waals surface area contributed by atoms with Crippen LogP contribution in [0.5, 0.6) is 0 Å². The lowest BCUT2D eigenvalue weighted by Crippen LogP contribution is -2.51. The monoisotopic (exact) mass is 265 g/mol. The van der Waals surface area contributed by atoms with Crippen LogP contribution in [0.1, 0.15) is 51.4 Å². The molecule has 0 spiro atoms. The fraction of sp³-hybridized carbons (Fsp3) is 0.933. The predicted octanol–water partition coefficient (Wildman–Crippen LogP) is 2.13. The molecule has 2 heterocycles. The van der Waals surface area contributed by atoms with Crippen molar-refractivity contribution in [3.63, 3.8) is 0 Å². The number of ether oxygens (including phenoxy) is 1. The van der Waals surface area contributed by atoms with Gasteiger partial charge in [0.15, 0.2) is 5.96 Å². The fourth-order valence-electron chi connectivity index (χ4n) is 3.97. The Labute approximate surface area is 116 Å². The molecule has 108 valence electrons. The molecule has 4 nitrogen and oxygen atoms in total. The van der Waals surface area contributed by atoms with E-state index in [1.807, 2.05) is 0 Å². The van der Waals surface area contributed by atoms with E-state index in [9.17, 15) is 0 Å². The number of hydrogen-bond acceptors (Lipinski definition) is 4. The SMILES string of the molecule is NC1=NCC(C2CCCOC2)N1C1CCCCCC1. The van der Waals surface area contributed by atoms with Crippen molar-refractivity contribution >= 4 is 5.96 Å². The van der Waals surface area contributed by atoms with Gasteiger partial charge in [-0.3, -0.25) is 4.99 Å². The van der Waals surface area contributed by atoms with Crippen LogP contribution in [0, 0.1) is 5.92 Å². The smallest absolute Gasteiger partial charge is 0.191 e. The van der Waals surface area contributed by atoms with Gasteiger partial charge >= 0.3 is 0 Å². The van der Waals surface area contributed by atoms with Gasteiger partial charge in [-0.15, -0.1) is 0 Å². The van der Waals surface area contributed by atoms with Gasteiger partial charge in [-0.1, -0.05) is 25.7 Å². The first-order valence-electron chi connectivity index (χ1n) is 8.02. The normalized spacial score (nSPS) is 34.1. The van der Waals surface area contributed by atoms with Gasteiger partial charge in [0.1, 0.15) is 0 Å². The molecule has 0 amide bonds. The van der Waals surface area contributed by atoms with E-state index in [1.165, 1.54) is 51.4 Å². The molecular formula is C15H27N3O. The van der Waals surface area contributed by atoms with Crippen LogP contribution in [0.3, 0.4) is 0 Å². The lowest BCUT2D eigenvalue weighted by molar-refractivity contribution is 0.0214. The van der Waals surface area contributed by atoms with E-state index in [1.54, 1.807) is 0 Å². The van der Waals surface area contributed by atoms with Gasteiger partial charge in [-0.2, -0.15) is 0 Å². The quantitative estimate of drug-likeness (QED) is 0.778. The van der Waals surface area contributed by atoms with Crippen LogP contribution < -0.4 is 5.73 Å². The molecule has 0 aromatic carbocycles. The highest BCUT2D eigenvalue weighted by Crippen LogP contribution is 2.31. The van der Waals surface area contributed by atoms with E-state index in [0.717, 1.165) is 25.7 Å². The molecule has 2 N–H and O–H groups in total. The lowest BCUT2D eigenvalue weighted by Gasteiger charge is -2.39. The maximum atomic E-state index is 6.19. The van der Waals surface area contributed by atoms with E-state index in [2.05, 4.69) is 9.89 Å². The van der Waals surface area contributed by atoms with Crippen LogP contribution in [-0.2, 0) is 4.74 Å². The molecular weight excluding hydrogens is 238 g/mol. The molecule has 3 rings (SSSR count). The van der Waals surface area contributed by atoms with Gasteiger partial charge in [0.05, 0.1) is 19.2 Å². The van der Waals surface area contributed by atoms with Crippen LogP contribution in [0.25, 0.3) is 0 Å². The molecule has 19 heavy (non-hydrogen) atoms. The Hall–Kier alpha value is -0.770. The standard InChI is InChI=1S/C15H27N3O/c16-15-17-10-14(12-6-5-9-19-11-12)18(15)13-7-3-1-2-4-8-13/h12-14H,1-11H2,(H2,16,17). The van der Waals surface area contributed by atoms with Crippen molar-refractivity contribution in [1.82, 2.24) is 4.90 Å². The van der Waals surface area contributed by atoms with E-state index in [4.69, 9.17) is 10.5 Å². The van der Waals surface area contributed by atoms with Crippen molar-refractivity contribution in [2.24, 2.45) is 16.6 Å². The van der Waals surface area contributed by atoms with Crippen molar-refractivity contribution in [3.05, 3.63) is 0 Å². The minimum atomic E-state index is 0.503. The molecule has 2 unspecified atom stereocenters. The van der Waals surface area contributed by atoms with Crippen LogP contribution in [0.15, 0.2) is 4.99 Å². The number of nitrogens with two attached hydrogens (primary N) is 1. The average molecular weight is 265 g/mol. The van der Waals surface area contributed by atoms with E-state index >= 15 is 0 Å². The summed E-state index contributed by atoms with van der Waals surface area (Å²) < 4.78 is 5.67. The second-order valence-corrected chi connectivity index (χ2v) is 6.30. The first-order chi connectivity index (χ1) is 9.36. The van der Waals surface area contributed by atoms with Gasteiger partial charge < -0.3 is 15.4 Å². The number of rotatable bonds is 2. The van der Waals surface area contributed by atoms with E-state index in [0.29, 0.717) is 18.0 Å². The minimum Gasteiger partial charge on any atom is -0.381 e.